The van der Waals surface area contributed by atoms with E-state index in [1.165, 1.54) is 6.07 Å². The third-order valence-corrected chi connectivity index (χ3v) is 7.72. The second kappa shape index (κ2) is 8.73. The van der Waals surface area contributed by atoms with Crippen molar-refractivity contribution in [2.24, 2.45) is 0 Å². The zero-order valence-electron chi connectivity index (χ0n) is 14.7. The lowest BCUT2D eigenvalue weighted by Crippen LogP contribution is -2.46. The molecule has 0 aromatic carbocycles. The number of aliphatic hydroxyl groups is 2. The Morgan fingerprint density at radius 3 is 2.37 bits per heavy atom. The van der Waals surface area contributed by atoms with Gasteiger partial charge in [-0.3, -0.25) is 14.1 Å². The van der Waals surface area contributed by atoms with E-state index in [9.17, 15) is 33.6 Å². The van der Waals surface area contributed by atoms with Crippen molar-refractivity contribution >= 4 is 35.7 Å². The van der Waals surface area contributed by atoms with Crippen molar-refractivity contribution in [1.82, 2.24) is 9.55 Å². The Labute approximate surface area is 172 Å². The van der Waals surface area contributed by atoms with Crippen molar-refractivity contribution in [3.05, 3.63) is 27.4 Å². The first kappa shape index (κ1) is 25.6. The fourth-order valence-corrected chi connectivity index (χ4v) is 5.64. The van der Waals surface area contributed by atoms with E-state index in [-0.39, 0.29) is 4.64 Å². The van der Waals surface area contributed by atoms with E-state index in [1.807, 2.05) is 0 Å². The highest BCUT2D eigenvalue weighted by molar-refractivity contribution is 7.71. The van der Waals surface area contributed by atoms with E-state index >= 15 is 0 Å². The molecular weight excluding hydrogens is 497 g/mol. The Hall–Kier alpha value is -0.610. The van der Waals surface area contributed by atoms with Gasteiger partial charge in [-0.15, -0.1) is 0 Å². The van der Waals surface area contributed by atoms with Crippen molar-refractivity contribution in [2.45, 2.75) is 31.0 Å². The maximum Gasteiger partial charge on any atom is 0.490 e. The van der Waals surface area contributed by atoms with Gasteiger partial charge in [-0.25, -0.2) is 18.5 Å². The average molecular weight is 514 g/mol. The smallest absolute Gasteiger partial charge is 0.387 e. The summed E-state index contributed by atoms with van der Waals surface area (Å²) in [7, 11) is -16.8. The largest absolute Gasteiger partial charge is 0.490 e. The van der Waals surface area contributed by atoms with Crippen molar-refractivity contribution in [2.75, 3.05) is 6.61 Å². The van der Waals surface area contributed by atoms with Crippen LogP contribution in [0.3, 0.4) is 0 Å². The van der Waals surface area contributed by atoms with Crippen LogP contribution < -0.4 is 5.69 Å². The number of hydrogen-bond donors (Lipinski definition) is 7. The molecule has 0 radical (unpaired) electrons. The Morgan fingerprint density at radius 2 is 1.83 bits per heavy atom. The molecule has 2 heterocycles. The molecule has 1 aromatic heterocycles. The maximum absolute atomic E-state index is 12.0. The minimum absolute atomic E-state index is 0.0821. The summed E-state index contributed by atoms with van der Waals surface area (Å²) < 4.78 is 51.4. The number of nitrogens with zero attached hydrogens (tertiary/aromatic N) is 1. The van der Waals surface area contributed by atoms with Crippen LogP contribution in [0.1, 0.15) is 13.2 Å². The minimum atomic E-state index is -5.72. The molecule has 6 atom stereocenters. The van der Waals surface area contributed by atoms with Crippen LogP contribution in [-0.4, -0.2) is 63.8 Å². The van der Waals surface area contributed by atoms with Gasteiger partial charge in [0.2, 0.25) is 0 Å². The molecule has 30 heavy (non-hydrogen) atoms. The molecule has 1 saturated heterocycles. The number of phosphoric ester groups is 1. The fourth-order valence-electron chi connectivity index (χ4n) is 2.46. The SMILES string of the molecule is CC1(O)C(O)[C@@H](COP(=O)(O)OP(=O)(O)OP(=O)(O)O)O[C@H]1n1ccc(=S)[nH]c1=O. The van der Waals surface area contributed by atoms with Crippen molar-refractivity contribution < 1.29 is 61.4 Å². The molecule has 172 valence electrons. The second-order valence-electron chi connectivity index (χ2n) is 6.10. The lowest BCUT2D eigenvalue weighted by molar-refractivity contribution is -0.0986. The maximum atomic E-state index is 12.0. The Bertz CT molecular complexity index is 1050. The summed E-state index contributed by atoms with van der Waals surface area (Å²) in [5, 5.41) is 20.7. The summed E-state index contributed by atoms with van der Waals surface area (Å²) in [5.74, 6) is 0. The normalized spacial score (nSPS) is 31.2. The van der Waals surface area contributed by atoms with Gasteiger partial charge in [0.15, 0.2) is 6.23 Å². The third kappa shape index (κ3) is 6.45. The number of aromatic nitrogens is 2. The number of hydrogen-bond acceptors (Lipinski definition) is 11. The topological polar surface area (TPSA) is 247 Å². The summed E-state index contributed by atoms with van der Waals surface area (Å²) in [6.07, 6.45) is -3.67. The molecule has 1 aliphatic rings. The van der Waals surface area contributed by atoms with Crippen LogP contribution in [0.5, 0.6) is 0 Å². The molecule has 2 rings (SSSR count). The number of aliphatic hydroxyl groups excluding tert-OH is 1. The van der Waals surface area contributed by atoms with Gasteiger partial charge >= 0.3 is 29.2 Å². The molecule has 0 saturated carbocycles. The number of aromatic amines is 1. The zero-order chi connectivity index (χ0) is 23.1. The molecule has 16 nitrogen and oxygen atoms in total. The number of H-pyrrole nitrogens is 1. The predicted octanol–water partition coefficient (Wildman–Crippen LogP) is -0.742. The highest BCUT2D eigenvalue weighted by Gasteiger charge is 2.54. The standard InChI is InChI=1S/C10H17N2O14P3S/c1-10(15)7(13)5(24-8(10)12-3-2-6(30)11-9(12)14)4-23-28(19,20)26-29(21,22)25-27(16,17)18/h2-3,5,7-8,13,15H,4H2,1H3,(H,19,20)(H,21,22)(H,11,14,30)(H2,16,17,18)/t5-,7?,8-,10?/m1/s1. The summed E-state index contributed by atoms with van der Waals surface area (Å²) in [6.45, 7) is 0.0797. The monoisotopic (exact) mass is 514 g/mol. The lowest BCUT2D eigenvalue weighted by Gasteiger charge is -2.27. The number of ether oxygens (including phenoxy) is 1. The van der Waals surface area contributed by atoms with E-state index in [0.29, 0.717) is 0 Å². The number of nitrogens with one attached hydrogen (secondary N) is 1. The fraction of sp³-hybridized carbons (Fsp3) is 0.600. The van der Waals surface area contributed by atoms with Gasteiger partial charge in [-0.2, -0.15) is 8.62 Å². The molecular formula is C10H17N2O14P3S. The van der Waals surface area contributed by atoms with Gasteiger partial charge < -0.3 is 34.5 Å². The van der Waals surface area contributed by atoms with Crippen LogP contribution in [0.2, 0.25) is 0 Å². The lowest BCUT2D eigenvalue weighted by atomic mass is 9.96. The number of rotatable bonds is 8. The van der Waals surface area contributed by atoms with E-state index in [0.717, 1.165) is 17.7 Å². The van der Waals surface area contributed by atoms with Gasteiger partial charge in [-0.05, 0) is 13.0 Å². The van der Waals surface area contributed by atoms with Gasteiger partial charge in [0, 0.05) is 6.20 Å². The van der Waals surface area contributed by atoms with Gasteiger partial charge in [0.05, 0.1) is 6.61 Å². The van der Waals surface area contributed by atoms with Gasteiger partial charge in [0.1, 0.15) is 22.4 Å². The molecule has 0 aliphatic carbocycles. The molecule has 0 bridgehead atoms. The minimum Gasteiger partial charge on any atom is -0.387 e. The Balaban J connectivity index is 2.13. The molecule has 1 aromatic rings. The van der Waals surface area contributed by atoms with Gasteiger partial charge in [-0.1, -0.05) is 12.2 Å². The zero-order valence-corrected chi connectivity index (χ0v) is 18.2. The highest BCUT2D eigenvalue weighted by atomic mass is 32.1. The molecule has 4 unspecified atom stereocenters. The first-order chi connectivity index (χ1) is 13.4. The van der Waals surface area contributed by atoms with Crippen LogP contribution in [0.25, 0.3) is 0 Å². The Morgan fingerprint density at radius 1 is 1.23 bits per heavy atom. The summed E-state index contributed by atoms with van der Waals surface area (Å²) in [6, 6.07) is 1.29. The quantitative estimate of drug-likeness (QED) is 0.167. The van der Waals surface area contributed by atoms with E-state index in [4.69, 9.17) is 31.6 Å². The van der Waals surface area contributed by atoms with Crippen LogP contribution >= 0.6 is 35.7 Å². The summed E-state index contributed by atoms with van der Waals surface area (Å²) in [5.41, 5.74) is -2.90. The van der Waals surface area contributed by atoms with Crippen molar-refractivity contribution in [3.63, 3.8) is 0 Å². The molecule has 7 N–H and O–H groups in total. The predicted molar refractivity (Wildman–Crippen MR) is 96.2 cm³/mol. The van der Waals surface area contributed by atoms with E-state index in [1.54, 1.807) is 0 Å². The van der Waals surface area contributed by atoms with E-state index in [2.05, 4.69) is 18.1 Å². The van der Waals surface area contributed by atoms with Crippen LogP contribution in [0.4, 0.5) is 0 Å². The summed E-state index contributed by atoms with van der Waals surface area (Å²) >= 11 is 4.78. The Kier molecular flexibility index (Phi) is 7.46. The molecule has 1 aliphatic heterocycles. The molecule has 20 heteroatoms. The third-order valence-electron chi connectivity index (χ3n) is 3.68. The van der Waals surface area contributed by atoms with Crippen LogP contribution in [-0.2, 0) is 31.6 Å². The van der Waals surface area contributed by atoms with E-state index < -0.39 is 59.8 Å². The van der Waals surface area contributed by atoms with Crippen molar-refractivity contribution in [1.29, 1.82) is 0 Å². The summed E-state index contributed by atoms with van der Waals surface area (Å²) in [4.78, 5) is 49.8. The highest BCUT2D eigenvalue weighted by Crippen LogP contribution is 2.66. The first-order valence-electron chi connectivity index (χ1n) is 7.59. The average Bonchev–Trinajstić information content (AvgIpc) is 2.73. The first-order valence-corrected chi connectivity index (χ1v) is 12.5. The molecule has 1 fully saturated rings. The molecule has 0 spiro atoms. The second-order valence-corrected chi connectivity index (χ2v) is 11.0. The van der Waals surface area contributed by atoms with Crippen LogP contribution in [0, 0.1) is 4.64 Å². The van der Waals surface area contributed by atoms with Crippen LogP contribution in [0.15, 0.2) is 17.1 Å². The van der Waals surface area contributed by atoms with Gasteiger partial charge in [0.25, 0.3) is 0 Å². The van der Waals surface area contributed by atoms with Crippen molar-refractivity contribution in [3.8, 4) is 0 Å². The number of phosphoric acid groups is 3. The molecule has 0 amide bonds.